The summed E-state index contributed by atoms with van der Waals surface area (Å²) in [5, 5.41) is 6.11. The first-order valence-electron chi connectivity index (χ1n) is 5.36. The van der Waals surface area contributed by atoms with E-state index in [1.54, 1.807) is 0 Å². The molecule has 9 heteroatoms. The molecule has 4 N–H and O–H groups in total. The first-order valence-corrected chi connectivity index (χ1v) is 6.84. The Morgan fingerprint density at radius 2 is 2.21 bits per heavy atom. The van der Waals surface area contributed by atoms with Gasteiger partial charge in [0.05, 0.1) is 11.4 Å². The third-order valence-corrected chi connectivity index (χ3v) is 3.95. The summed E-state index contributed by atoms with van der Waals surface area (Å²) in [5.74, 6) is -0.292. The largest absolute Gasteiger partial charge is 0.326 e. The number of hydrogen-bond donors (Lipinski definition) is 3. The van der Waals surface area contributed by atoms with Crippen molar-refractivity contribution in [1.82, 2.24) is 19.9 Å². The van der Waals surface area contributed by atoms with E-state index in [0.29, 0.717) is 5.82 Å². The number of nitrogens with one attached hydrogen (secondary N) is 2. The van der Waals surface area contributed by atoms with Gasteiger partial charge >= 0.3 is 0 Å². The highest BCUT2D eigenvalue weighted by atomic mass is 32.2. The molecule has 19 heavy (non-hydrogen) atoms. The summed E-state index contributed by atoms with van der Waals surface area (Å²) in [5.41, 5.74) is 5.33. The number of hydrogen-bond acceptors (Lipinski definition) is 5. The highest BCUT2D eigenvalue weighted by molar-refractivity contribution is 7.89. The molecule has 0 unspecified atom stereocenters. The molecule has 1 aromatic heterocycles. The van der Waals surface area contributed by atoms with Crippen LogP contribution in [0.15, 0.2) is 29.4 Å². The Kier molecular flexibility index (Phi) is 3.88. The minimum absolute atomic E-state index is 0.0485. The maximum absolute atomic E-state index is 13.5. The normalized spacial score (nSPS) is 11.7. The van der Waals surface area contributed by atoms with Gasteiger partial charge in [-0.05, 0) is 12.1 Å². The number of nitrogens with two attached hydrogens (primary N) is 1. The molecule has 0 saturated heterocycles. The summed E-state index contributed by atoms with van der Waals surface area (Å²) in [7, 11) is -3.86. The number of aromatic nitrogens is 3. The molecule has 2 aromatic rings. The van der Waals surface area contributed by atoms with Crippen molar-refractivity contribution in [3.05, 3.63) is 41.7 Å². The van der Waals surface area contributed by atoms with E-state index in [4.69, 9.17) is 5.73 Å². The first-order chi connectivity index (χ1) is 9.04. The fourth-order valence-electron chi connectivity index (χ4n) is 1.55. The van der Waals surface area contributed by atoms with Gasteiger partial charge < -0.3 is 5.73 Å². The molecule has 0 aliphatic heterocycles. The lowest BCUT2D eigenvalue weighted by Crippen LogP contribution is -2.25. The van der Waals surface area contributed by atoms with Crippen LogP contribution in [0.25, 0.3) is 0 Å². The van der Waals surface area contributed by atoms with Gasteiger partial charge in [0.2, 0.25) is 10.0 Å². The van der Waals surface area contributed by atoms with Crippen molar-refractivity contribution in [3.63, 3.8) is 0 Å². The Balaban J connectivity index is 2.27. The molecule has 0 fully saturated rings. The molecule has 0 radical (unpaired) electrons. The molecular formula is C10H12FN5O2S. The van der Waals surface area contributed by atoms with Gasteiger partial charge in [0, 0.05) is 12.1 Å². The zero-order chi connectivity index (χ0) is 13.9. The number of nitrogens with zero attached hydrogens (tertiary/aromatic N) is 2. The zero-order valence-electron chi connectivity index (χ0n) is 9.80. The van der Waals surface area contributed by atoms with Gasteiger partial charge in [0.25, 0.3) is 0 Å². The monoisotopic (exact) mass is 285 g/mol. The van der Waals surface area contributed by atoms with E-state index < -0.39 is 15.8 Å². The number of H-pyrrole nitrogens is 1. The number of sulfonamides is 1. The molecule has 0 aliphatic rings. The van der Waals surface area contributed by atoms with Gasteiger partial charge in [0.15, 0.2) is 0 Å². The number of halogens is 1. The van der Waals surface area contributed by atoms with Crippen LogP contribution in [0.2, 0.25) is 0 Å². The van der Waals surface area contributed by atoms with E-state index in [9.17, 15) is 12.8 Å². The summed E-state index contributed by atoms with van der Waals surface area (Å²) in [6, 6.07) is 3.78. The zero-order valence-corrected chi connectivity index (χ0v) is 10.6. The van der Waals surface area contributed by atoms with Crippen LogP contribution in [-0.4, -0.2) is 23.6 Å². The number of benzene rings is 1. The summed E-state index contributed by atoms with van der Waals surface area (Å²) < 4.78 is 39.9. The van der Waals surface area contributed by atoms with Crippen molar-refractivity contribution in [2.75, 3.05) is 0 Å². The van der Waals surface area contributed by atoms with Crippen LogP contribution in [0.4, 0.5) is 4.39 Å². The van der Waals surface area contributed by atoms with Crippen LogP contribution in [0.1, 0.15) is 11.4 Å². The highest BCUT2D eigenvalue weighted by Gasteiger charge is 2.20. The standard InChI is InChI=1S/C10H12FN5O2S/c11-8-2-1-3-9(7(8)4-12)19(17,18)15-5-10-13-6-14-16-10/h1-3,6,15H,4-5,12H2,(H,13,14,16). The Hall–Kier alpha value is -1.84. The first kappa shape index (κ1) is 13.6. The van der Waals surface area contributed by atoms with Gasteiger partial charge in [-0.25, -0.2) is 22.5 Å². The van der Waals surface area contributed by atoms with Gasteiger partial charge in [-0.3, -0.25) is 5.10 Å². The van der Waals surface area contributed by atoms with E-state index in [-0.39, 0.29) is 23.5 Å². The summed E-state index contributed by atoms with van der Waals surface area (Å²) in [6.07, 6.45) is 1.26. The van der Waals surface area contributed by atoms with E-state index in [0.717, 1.165) is 6.07 Å². The van der Waals surface area contributed by atoms with Crippen LogP contribution in [-0.2, 0) is 23.1 Å². The maximum Gasteiger partial charge on any atom is 0.241 e. The van der Waals surface area contributed by atoms with Crippen molar-refractivity contribution in [2.24, 2.45) is 5.73 Å². The van der Waals surface area contributed by atoms with E-state index >= 15 is 0 Å². The van der Waals surface area contributed by atoms with E-state index in [1.165, 1.54) is 18.5 Å². The van der Waals surface area contributed by atoms with Crippen LogP contribution in [0, 0.1) is 5.82 Å². The fraction of sp³-hybridized carbons (Fsp3) is 0.200. The van der Waals surface area contributed by atoms with Crippen molar-refractivity contribution < 1.29 is 12.8 Å². The smallest absolute Gasteiger partial charge is 0.241 e. The molecule has 1 aromatic carbocycles. The quantitative estimate of drug-likeness (QED) is 0.708. The van der Waals surface area contributed by atoms with Crippen molar-refractivity contribution in [2.45, 2.75) is 18.0 Å². The molecule has 0 atom stereocenters. The minimum Gasteiger partial charge on any atom is -0.326 e. The highest BCUT2D eigenvalue weighted by Crippen LogP contribution is 2.18. The van der Waals surface area contributed by atoms with E-state index in [2.05, 4.69) is 19.9 Å². The number of rotatable bonds is 5. The van der Waals surface area contributed by atoms with Crippen molar-refractivity contribution in [3.8, 4) is 0 Å². The SMILES string of the molecule is NCc1c(F)cccc1S(=O)(=O)NCc1ncn[nH]1. The Morgan fingerprint density at radius 3 is 2.84 bits per heavy atom. The van der Waals surface area contributed by atoms with Gasteiger partial charge in [-0.1, -0.05) is 6.07 Å². The molecule has 0 spiro atoms. The predicted molar refractivity (Wildman–Crippen MR) is 64.7 cm³/mol. The Bertz CT molecular complexity index is 657. The fourth-order valence-corrected chi connectivity index (χ4v) is 2.79. The summed E-state index contributed by atoms with van der Waals surface area (Å²) in [4.78, 5) is 3.61. The average Bonchev–Trinajstić information content (AvgIpc) is 2.89. The maximum atomic E-state index is 13.5. The van der Waals surface area contributed by atoms with Crippen molar-refractivity contribution in [1.29, 1.82) is 0 Å². The van der Waals surface area contributed by atoms with Gasteiger partial charge in [-0.2, -0.15) is 5.10 Å². The predicted octanol–water partition coefficient (Wildman–Crippen LogP) is -0.119. The van der Waals surface area contributed by atoms with Crippen LogP contribution >= 0.6 is 0 Å². The second kappa shape index (κ2) is 5.43. The van der Waals surface area contributed by atoms with Crippen LogP contribution < -0.4 is 10.5 Å². The van der Waals surface area contributed by atoms with Crippen LogP contribution in [0.5, 0.6) is 0 Å². The lowest BCUT2D eigenvalue weighted by Gasteiger charge is -2.10. The number of aromatic amines is 1. The molecule has 2 rings (SSSR count). The average molecular weight is 285 g/mol. The molecular weight excluding hydrogens is 273 g/mol. The lowest BCUT2D eigenvalue weighted by molar-refractivity contribution is 0.569. The van der Waals surface area contributed by atoms with E-state index in [1.807, 2.05) is 0 Å². The topological polar surface area (TPSA) is 114 Å². The molecule has 1 heterocycles. The third-order valence-electron chi connectivity index (χ3n) is 2.46. The molecule has 0 aliphatic carbocycles. The minimum atomic E-state index is -3.86. The Labute approximate surface area is 109 Å². The molecule has 7 nitrogen and oxygen atoms in total. The second-order valence-electron chi connectivity index (χ2n) is 3.68. The molecule has 0 saturated carbocycles. The molecule has 102 valence electrons. The van der Waals surface area contributed by atoms with Gasteiger partial charge in [-0.15, -0.1) is 0 Å². The van der Waals surface area contributed by atoms with Crippen LogP contribution in [0.3, 0.4) is 0 Å². The second-order valence-corrected chi connectivity index (χ2v) is 5.41. The van der Waals surface area contributed by atoms with Gasteiger partial charge in [0.1, 0.15) is 18.0 Å². The lowest BCUT2D eigenvalue weighted by atomic mass is 10.2. The Morgan fingerprint density at radius 1 is 1.42 bits per heavy atom. The summed E-state index contributed by atoms with van der Waals surface area (Å²) in [6.45, 7) is -0.270. The molecule has 0 bridgehead atoms. The third kappa shape index (κ3) is 2.95. The molecule has 0 amide bonds. The summed E-state index contributed by atoms with van der Waals surface area (Å²) >= 11 is 0. The van der Waals surface area contributed by atoms with Crippen molar-refractivity contribution >= 4 is 10.0 Å².